The summed E-state index contributed by atoms with van der Waals surface area (Å²) in [5.41, 5.74) is -3.38. The number of rotatable bonds is 6. The summed E-state index contributed by atoms with van der Waals surface area (Å²) in [6, 6.07) is 5.68. The van der Waals surface area contributed by atoms with E-state index < -0.39 is 47.5 Å². The SMILES string of the molecule is Cc1ncc(C(C)(F)COc2cccc(C(F)(F)F)n2)c(C2CCN(C(=O)Nc3c(F)cccc3F)CC2)n1. The maximum Gasteiger partial charge on any atom is 0.433 e. The zero-order chi connectivity index (χ0) is 28.4. The Balaban J connectivity index is 1.45. The number of amides is 2. The van der Waals surface area contributed by atoms with Crippen molar-refractivity contribution in [3.8, 4) is 5.88 Å². The first-order valence-electron chi connectivity index (χ1n) is 12.0. The van der Waals surface area contributed by atoms with Gasteiger partial charge in [0.1, 0.15) is 35.4 Å². The summed E-state index contributed by atoms with van der Waals surface area (Å²) >= 11 is 0. The van der Waals surface area contributed by atoms with Gasteiger partial charge in [0, 0.05) is 36.8 Å². The van der Waals surface area contributed by atoms with Crippen molar-refractivity contribution >= 4 is 11.7 Å². The zero-order valence-electron chi connectivity index (χ0n) is 21.0. The van der Waals surface area contributed by atoms with Gasteiger partial charge in [0.2, 0.25) is 5.88 Å². The number of aryl methyl sites for hydroxylation is 1. The zero-order valence-corrected chi connectivity index (χ0v) is 21.0. The van der Waals surface area contributed by atoms with Gasteiger partial charge in [-0.25, -0.2) is 32.9 Å². The number of likely N-dealkylation sites (tertiary alicyclic amines) is 1. The molecule has 0 bridgehead atoms. The van der Waals surface area contributed by atoms with Crippen LogP contribution in [0.5, 0.6) is 5.88 Å². The smallest absolute Gasteiger partial charge is 0.433 e. The van der Waals surface area contributed by atoms with Crippen molar-refractivity contribution in [3.63, 3.8) is 0 Å². The number of aromatic nitrogens is 3. The topological polar surface area (TPSA) is 80.2 Å². The normalized spacial score (nSPS) is 16.1. The molecule has 3 heterocycles. The van der Waals surface area contributed by atoms with Crippen LogP contribution in [0.25, 0.3) is 0 Å². The number of benzene rings is 1. The number of para-hydroxylation sites is 1. The first kappa shape index (κ1) is 28.1. The van der Waals surface area contributed by atoms with E-state index in [-0.39, 0.29) is 30.5 Å². The fourth-order valence-electron chi connectivity index (χ4n) is 4.30. The predicted octanol–water partition coefficient (Wildman–Crippen LogP) is 6.15. The molecular formula is C26H25F6N5O2. The van der Waals surface area contributed by atoms with E-state index in [1.54, 1.807) is 6.92 Å². The molecule has 208 valence electrons. The molecule has 1 aliphatic rings. The van der Waals surface area contributed by atoms with Crippen LogP contribution < -0.4 is 10.1 Å². The van der Waals surface area contributed by atoms with Gasteiger partial charge in [-0.05, 0) is 44.9 Å². The fraction of sp³-hybridized carbons (Fsp3) is 0.385. The van der Waals surface area contributed by atoms with Gasteiger partial charge in [0.25, 0.3) is 0 Å². The minimum atomic E-state index is -4.68. The van der Waals surface area contributed by atoms with Crippen LogP contribution in [0.4, 0.5) is 36.8 Å². The molecule has 3 aromatic rings. The van der Waals surface area contributed by atoms with Crippen molar-refractivity contribution in [2.24, 2.45) is 0 Å². The van der Waals surface area contributed by atoms with Crippen molar-refractivity contribution in [1.82, 2.24) is 19.9 Å². The maximum absolute atomic E-state index is 15.9. The number of halogens is 6. The van der Waals surface area contributed by atoms with Gasteiger partial charge >= 0.3 is 12.2 Å². The molecule has 2 amide bonds. The van der Waals surface area contributed by atoms with Gasteiger partial charge in [-0.3, -0.25) is 0 Å². The Labute approximate surface area is 220 Å². The molecule has 1 atom stereocenters. The number of pyridine rings is 1. The lowest BCUT2D eigenvalue weighted by Gasteiger charge is -2.34. The van der Waals surface area contributed by atoms with Crippen LogP contribution >= 0.6 is 0 Å². The lowest BCUT2D eigenvalue weighted by atomic mass is 9.86. The van der Waals surface area contributed by atoms with Crippen LogP contribution in [0.1, 0.15) is 48.5 Å². The highest BCUT2D eigenvalue weighted by atomic mass is 19.4. The molecule has 1 N–H and O–H groups in total. The van der Waals surface area contributed by atoms with E-state index in [1.165, 1.54) is 30.2 Å². The van der Waals surface area contributed by atoms with Crippen LogP contribution in [0, 0.1) is 18.6 Å². The summed E-state index contributed by atoms with van der Waals surface area (Å²) in [5, 5.41) is 2.25. The van der Waals surface area contributed by atoms with Crippen molar-refractivity contribution in [2.45, 2.75) is 44.5 Å². The Bertz CT molecular complexity index is 1320. The average molecular weight is 554 g/mol. The van der Waals surface area contributed by atoms with E-state index in [4.69, 9.17) is 4.74 Å². The largest absolute Gasteiger partial charge is 0.474 e. The highest BCUT2D eigenvalue weighted by Crippen LogP contribution is 2.36. The molecule has 1 saturated heterocycles. The molecule has 1 aliphatic heterocycles. The second-order valence-corrected chi connectivity index (χ2v) is 9.35. The highest BCUT2D eigenvalue weighted by Gasteiger charge is 2.36. The first-order valence-corrected chi connectivity index (χ1v) is 12.0. The summed E-state index contributed by atoms with van der Waals surface area (Å²) in [6.07, 6.45) is -2.60. The summed E-state index contributed by atoms with van der Waals surface area (Å²) < 4.78 is 87.9. The minimum Gasteiger partial charge on any atom is -0.474 e. The summed E-state index contributed by atoms with van der Waals surface area (Å²) in [6.45, 7) is 2.63. The number of alkyl halides is 4. The van der Waals surface area contributed by atoms with Crippen molar-refractivity contribution in [2.75, 3.05) is 25.0 Å². The van der Waals surface area contributed by atoms with E-state index in [9.17, 15) is 26.7 Å². The van der Waals surface area contributed by atoms with Crippen LogP contribution in [-0.4, -0.2) is 45.6 Å². The number of nitrogens with one attached hydrogen (secondary N) is 1. The van der Waals surface area contributed by atoms with Crippen LogP contribution in [0.15, 0.2) is 42.6 Å². The molecule has 2 aromatic heterocycles. The van der Waals surface area contributed by atoms with Crippen LogP contribution in [-0.2, 0) is 11.8 Å². The second-order valence-electron chi connectivity index (χ2n) is 9.35. The molecule has 0 saturated carbocycles. The van der Waals surface area contributed by atoms with E-state index in [2.05, 4.69) is 20.3 Å². The van der Waals surface area contributed by atoms with Crippen LogP contribution in [0.2, 0.25) is 0 Å². The summed E-state index contributed by atoms with van der Waals surface area (Å²) in [7, 11) is 0. The Morgan fingerprint density at radius 1 is 1.05 bits per heavy atom. The predicted molar refractivity (Wildman–Crippen MR) is 129 cm³/mol. The minimum absolute atomic E-state index is 0.108. The number of hydrogen-bond acceptors (Lipinski definition) is 5. The van der Waals surface area contributed by atoms with Crippen molar-refractivity contribution in [3.05, 3.63) is 77.0 Å². The van der Waals surface area contributed by atoms with Crippen molar-refractivity contribution < 1.29 is 35.9 Å². The van der Waals surface area contributed by atoms with Gasteiger partial charge in [-0.1, -0.05) is 12.1 Å². The Morgan fingerprint density at radius 3 is 2.33 bits per heavy atom. The Morgan fingerprint density at radius 2 is 1.69 bits per heavy atom. The molecule has 13 heteroatoms. The highest BCUT2D eigenvalue weighted by molar-refractivity contribution is 5.89. The molecule has 7 nitrogen and oxygen atoms in total. The quantitative estimate of drug-likeness (QED) is 0.371. The van der Waals surface area contributed by atoms with Gasteiger partial charge in [-0.2, -0.15) is 13.2 Å². The molecule has 1 aromatic carbocycles. The fourth-order valence-corrected chi connectivity index (χ4v) is 4.30. The maximum atomic E-state index is 15.9. The van der Waals surface area contributed by atoms with Gasteiger partial charge in [0.05, 0.1) is 5.69 Å². The molecule has 0 radical (unpaired) electrons. The Kier molecular flexibility index (Phi) is 7.98. The number of hydrogen-bond donors (Lipinski definition) is 1. The van der Waals surface area contributed by atoms with Gasteiger partial charge < -0.3 is 15.0 Å². The molecule has 1 unspecified atom stereocenters. The van der Waals surface area contributed by atoms with Crippen LogP contribution in [0.3, 0.4) is 0 Å². The Hall–Kier alpha value is -3.90. The first-order chi connectivity index (χ1) is 18.3. The number of ether oxygens (including phenoxy) is 1. The van der Waals surface area contributed by atoms with Gasteiger partial charge in [-0.15, -0.1) is 0 Å². The lowest BCUT2D eigenvalue weighted by molar-refractivity contribution is -0.141. The van der Waals surface area contributed by atoms with E-state index in [0.717, 1.165) is 24.3 Å². The lowest BCUT2D eigenvalue weighted by Crippen LogP contribution is -2.41. The molecular weight excluding hydrogens is 528 g/mol. The average Bonchev–Trinajstić information content (AvgIpc) is 2.89. The molecule has 4 rings (SSSR count). The third kappa shape index (κ3) is 6.58. The third-order valence-corrected chi connectivity index (χ3v) is 6.37. The second kappa shape index (κ2) is 11.1. The summed E-state index contributed by atoms with van der Waals surface area (Å²) in [4.78, 5) is 25.9. The number of carbonyl (C=O) groups is 1. The molecule has 1 fully saturated rings. The standard InChI is InChI=1S/C26H25F6N5O2/c1-15-33-13-17(25(2,29)14-39-21-8-4-7-20(35-21)26(30,31)32)22(34-15)16-9-11-37(12-10-16)24(38)36-23-18(27)5-3-6-19(23)28/h3-8,13,16H,9-12,14H2,1-2H3,(H,36,38). The molecule has 0 aliphatic carbocycles. The van der Waals surface area contributed by atoms with E-state index in [0.29, 0.717) is 24.4 Å². The summed E-state index contributed by atoms with van der Waals surface area (Å²) in [5.74, 6) is -2.07. The van der Waals surface area contributed by atoms with Gasteiger partial charge in [0.15, 0.2) is 5.67 Å². The number of nitrogens with zero attached hydrogens (tertiary/aromatic N) is 4. The number of anilines is 1. The number of urea groups is 1. The number of carbonyl (C=O) groups excluding carboxylic acids is 1. The third-order valence-electron chi connectivity index (χ3n) is 6.37. The molecule has 39 heavy (non-hydrogen) atoms. The monoisotopic (exact) mass is 553 g/mol. The number of piperidine rings is 1. The van der Waals surface area contributed by atoms with E-state index in [1.807, 2.05) is 0 Å². The molecule has 0 spiro atoms. The van der Waals surface area contributed by atoms with Crippen molar-refractivity contribution in [1.29, 1.82) is 0 Å². The van der Waals surface area contributed by atoms with E-state index >= 15 is 4.39 Å².